The molecule has 0 bridgehead atoms. The highest BCUT2D eigenvalue weighted by Gasteiger charge is 2.27. The molecular weight excluding hydrogens is 253 g/mol. The van der Waals surface area contributed by atoms with Crippen LogP contribution < -0.4 is 5.73 Å². The Morgan fingerprint density at radius 1 is 1.21 bits per heavy atom. The molecule has 0 aromatic heterocycles. The van der Waals surface area contributed by atoms with E-state index in [-0.39, 0.29) is 12.6 Å². The van der Waals surface area contributed by atoms with Gasteiger partial charge in [0.2, 0.25) is 0 Å². The predicted octanol–water partition coefficient (Wildman–Crippen LogP) is 3.13. The molecule has 0 radical (unpaired) electrons. The molecular formula is C14H21F3N2. The van der Waals surface area contributed by atoms with E-state index in [2.05, 4.69) is 6.92 Å². The first-order valence-corrected chi connectivity index (χ1v) is 6.41. The molecule has 1 atom stereocenters. The van der Waals surface area contributed by atoms with Gasteiger partial charge in [-0.3, -0.25) is 0 Å². The Hall–Kier alpha value is -1.07. The van der Waals surface area contributed by atoms with E-state index < -0.39 is 12.6 Å². The highest BCUT2D eigenvalue weighted by molar-refractivity contribution is 5.25. The number of aryl methyl sites for hydroxylation is 1. The average molecular weight is 274 g/mol. The quantitative estimate of drug-likeness (QED) is 0.863. The second-order valence-corrected chi connectivity index (χ2v) is 4.83. The third kappa shape index (κ3) is 6.07. The first kappa shape index (κ1) is 16.0. The summed E-state index contributed by atoms with van der Waals surface area (Å²) >= 11 is 0. The molecule has 0 spiro atoms. The van der Waals surface area contributed by atoms with Crippen molar-refractivity contribution < 1.29 is 13.2 Å². The molecule has 5 heteroatoms. The SMILES string of the molecule is CCc1ccc(C(N)CN(C)CCC(F)(F)F)cc1. The van der Waals surface area contributed by atoms with Gasteiger partial charge >= 0.3 is 6.18 Å². The van der Waals surface area contributed by atoms with Crippen LogP contribution in [0.1, 0.15) is 30.5 Å². The van der Waals surface area contributed by atoms with Crippen molar-refractivity contribution in [2.75, 3.05) is 20.1 Å². The van der Waals surface area contributed by atoms with Crippen molar-refractivity contribution in [1.29, 1.82) is 0 Å². The summed E-state index contributed by atoms with van der Waals surface area (Å²) in [6.07, 6.45) is -3.95. The second-order valence-electron chi connectivity index (χ2n) is 4.83. The molecule has 108 valence electrons. The van der Waals surface area contributed by atoms with E-state index in [1.54, 1.807) is 11.9 Å². The molecule has 1 aromatic carbocycles. The van der Waals surface area contributed by atoms with Crippen LogP contribution in [-0.4, -0.2) is 31.2 Å². The Labute approximate surface area is 112 Å². The van der Waals surface area contributed by atoms with Gasteiger partial charge in [0, 0.05) is 19.1 Å². The van der Waals surface area contributed by atoms with E-state index >= 15 is 0 Å². The number of hydrogen-bond donors (Lipinski definition) is 1. The zero-order valence-electron chi connectivity index (χ0n) is 11.4. The van der Waals surface area contributed by atoms with E-state index in [4.69, 9.17) is 5.73 Å². The summed E-state index contributed by atoms with van der Waals surface area (Å²) in [5.74, 6) is 0. The van der Waals surface area contributed by atoms with Crippen molar-refractivity contribution in [3.8, 4) is 0 Å². The molecule has 0 saturated carbocycles. The lowest BCUT2D eigenvalue weighted by Gasteiger charge is -2.22. The summed E-state index contributed by atoms with van der Waals surface area (Å²) in [5, 5.41) is 0. The fourth-order valence-electron chi connectivity index (χ4n) is 1.85. The number of nitrogens with two attached hydrogens (primary N) is 1. The molecule has 2 nitrogen and oxygen atoms in total. The van der Waals surface area contributed by atoms with Crippen molar-refractivity contribution in [1.82, 2.24) is 4.90 Å². The Morgan fingerprint density at radius 3 is 2.26 bits per heavy atom. The van der Waals surface area contributed by atoms with Crippen LogP contribution in [0.2, 0.25) is 0 Å². The monoisotopic (exact) mass is 274 g/mol. The Kier molecular flexibility index (Phi) is 5.82. The van der Waals surface area contributed by atoms with Crippen LogP contribution in [0.4, 0.5) is 13.2 Å². The summed E-state index contributed by atoms with van der Waals surface area (Å²) in [7, 11) is 1.66. The Morgan fingerprint density at radius 2 is 1.79 bits per heavy atom. The van der Waals surface area contributed by atoms with Gasteiger partial charge in [-0.2, -0.15) is 13.2 Å². The Balaban J connectivity index is 2.46. The molecule has 1 aromatic rings. The first-order valence-electron chi connectivity index (χ1n) is 6.41. The maximum atomic E-state index is 12.1. The number of hydrogen-bond acceptors (Lipinski definition) is 2. The molecule has 0 saturated heterocycles. The first-order chi connectivity index (χ1) is 8.81. The lowest BCUT2D eigenvalue weighted by atomic mass is 10.0. The standard InChI is InChI=1S/C14H21F3N2/c1-3-11-4-6-12(7-5-11)13(18)10-19(2)9-8-14(15,16)17/h4-7,13H,3,8-10,18H2,1-2H3. The van der Waals surface area contributed by atoms with Crippen LogP contribution >= 0.6 is 0 Å². The third-order valence-corrected chi connectivity index (χ3v) is 3.10. The highest BCUT2D eigenvalue weighted by atomic mass is 19.4. The van der Waals surface area contributed by atoms with Gasteiger partial charge in [0.05, 0.1) is 6.42 Å². The van der Waals surface area contributed by atoms with Crippen molar-refractivity contribution >= 4 is 0 Å². The second kappa shape index (κ2) is 6.91. The minimum atomic E-state index is -4.11. The van der Waals surface area contributed by atoms with Crippen molar-refractivity contribution in [3.63, 3.8) is 0 Å². The highest BCUT2D eigenvalue weighted by Crippen LogP contribution is 2.20. The lowest BCUT2D eigenvalue weighted by Crippen LogP contribution is -2.31. The van der Waals surface area contributed by atoms with Crippen LogP contribution in [0.15, 0.2) is 24.3 Å². The van der Waals surface area contributed by atoms with Crippen molar-refractivity contribution in [3.05, 3.63) is 35.4 Å². The number of rotatable bonds is 6. The number of benzene rings is 1. The molecule has 2 N–H and O–H groups in total. The van der Waals surface area contributed by atoms with Gasteiger partial charge in [0.15, 0.2) is 0 Å². The normalized spacial score (nSPS) is 13.8. The molecule has 1 unspecified atom stereocenters. The summed E-state index contributed by atoms with van der Waals surface area (Å²) in [6, 6.07) is 7.64. The third-order valence-electron chi connectivity index (χ3n) is 3.10. The zero-order valence-corrected chi connectivity index (χ0v) is 11.4. The smallest absolute Gasteiger partial charge is 0.323 e. The van der Waals surface area contributed by atoms with Crippen LogP contribution in [0.5, 0.6) is 0 Å². The number of alkyl halides is 3. The summed E-state index contributed by atoms with van der Waals surface area (Å²) in [6.45, 7) is 2.46. The predicted molar refractivity (Wildman–Crippen MR) is 70.9 cm³/mol. The maximum Gasteiger partial charge on any atom is 0.390 e. The van der Waals surface area contributed by atoms with E-state index in [9.17, 15) is 13.2 Å². The molecule has 1 rings (SSSR count). The summed E-state index contributed by atoms with van der Waals surface area (Å²) < 4.78 is 36.3. The van der Waals surface area contributed by atoms with Gasteiger partial charge in [-0.05, 0) is 24.6 Å². The van der Waals surface area contributed by atoms with Gasteiger partial charge < -0.3 is 10.6 Å². The van der Waals surface area contributed by atoms with E-state index in [1.165, 1.54) is 5.56 Å². The van der Waals surface area contributed by atoms with E-state index in [0.29, 0.717) is 6.54 Å². The maximum absolute atomic E-state index is 12.1. The number of nitrogens with zero attached hydrogens (tertiary/aromatic N) is 1. The van der Waals surface area contributed by atoms with Crippen LogP contribution in [0.3, 0.4) is 0 Å². The fourth-order valence-corrected chi connectivity index (χ4v) is 1.85. The van der Waals surface area contributed by atoms with Crippen molar-refractivity contribution in [2.45, 2.75) is 32.0 Å². The van der Waals surface area contributed by atoms with E-state index in [0.717, 1.165) is 12.0 Å². The van der Waals surface area contributed by atoms with Crippen LogP contribution in [0, 0.1) is 0 Å². The lowest BCUT2D eigenvalue weighted by molar-refractivity contribution is -0.137. The van der Waals surface area contributed by atoms with Gasteiger partial charge in [-0.1, -0.05) is 31.2 Å². The molecule has 0 amide bonds. The summed E-state index contributed by atoms with van der Waals surface area (Å²) in [4.78, 5) is 1.62. The van der Waals surface area contributed by atoms with Crippen LogP contribution in [0.25, 0.3) is 0 Å². The van der Waals surface area contributed by atoms with Gasteiger partial charge in [0.1, 0.15) is 0 Å². The van der Waals surface area contributed by atoms with E-state index in [1.807, 2.05) is 24.3 Å². The minimum absolute atomic E-state index is 0.0236. The zero-order chi connectivity index (χ0) is 14.5. The summed E-state index contributed by atoms with van der Waals surface area (Å²) in [5.41, 5.74) is 8.18. The van der Waals surface area contributed by atoms with Crippen molar-refractivity contribution in [2.24, 2.45) is 5.73 Å². The molecule has 0 heterocycles. The Bertz CT molecular complexity index is 373. The fraction of sp³-hybridized carbons (Fsp3) is 0.571. The molecule has 0 aliphatic rings. The van der Waals surface area contributed by atoms with Gasteiger partial charge in [-0.15, -0.1) is 0 Å². The average Bonchev–Trinajstić information content (AvgIpc) is 2.35. The van der Waals surface area contributed by atoms with Gasteiger partial charge in [0.25, 0.3) is 0 Å². The number of halogens is 3. The molecule has 0 fully saturated rings. The molecule has 0 aliphatic carbocycles. The van der Waals surface area contributed by atoms with Crippen LogP contribution in [-0.2, 0) is 6.42 Å². The number of likely N-dealkylation sites (N-methyl/N-ethyl adjacent to an activating group) is 1. The van der Waals surface area contributed by atoms with Gasteiger partial charge in [-0.25, -0.2) is 0 Å². The molecule has 19 heavy (non-hydrogen) atoms. The molecule has 0 aliphatic heterocycles. The topological polar surface area (TPSA) is 29.3 Å². The minimum Gasteiger partial charge on any atom is -0.323 e. The largest absolute Gasteiger partial charge is 0.390 e.